The molecule has 1 aromatic rings. The molecule has 0 radical (unpaired) electrons. The Morgan fingerprint density at radius 1 is 1.26 bits per heavy atom. The van der Waals surface area contributed by atoms with Gasteiger partial charge in [-0.15, -0.1) is 0 Å². The van der Waals surface area contributed by atoms with Crippen LogP contribution in [0.3, 0.4) is 0 Å². The van der Waals surface area contributed by atoms with Crippen molar-refractivity contribution in [1.29, 1.82) is 0 Å². The molecule has 106 valence electrons. The van der Waals surface area contributed by atoms with Gasteiger partial charge in [0.1, 0.15) is 0 Å². The highest BCUT2D eigenvalue weighted by Crippen LogP contribution is 2.23. The van der Waals surface area contributed by atoms with E-state index in [2.05, 4.69) is 39.0 Å². The number of hydrogen-bond donors (Lipinski definition) is 1. The molecule has 5 heteroatoms. The Balaban J connectivity index is 2.02. The van der Waals surface area contributed by atoms with Gasteiger partial charge in [0.2, 0.25) is 0 Å². The summed E-state index contributed by atoms with van der Waals surface area (Å²) in [6.45, 7) is 3.27. The average Bonchev–Trinajstić information content (AvgIpc) is 2.83. The molecule has 0 spiro atoms. The van der Waals surface area contributed by atoms with E-state index in [1.54, 1.807) is 14.2 Å². The van der Waals surface area contributed by atoms with Gasteiger partial charge in [0.05, 0.1) is 12.2 Å². The molecule has 2 unspecified atom stereocenters. The molecule has 0 aliphatic carbocycles. The summed E-state index contributed by atoms with van der Waals surface area (Å²) in [5.41, 5.74) is 8.05. The highest BCUT2D eigenvalue weighted by Gasteiger charge is 2.32. The normalized spacial score (nSPS) is 24.0. The van der Waals surface area contributed by atoms with Gasteiger partial charge in [0.15, 0.2) is 0 Å². The Morgan fingerprint density at radius 3 is 2.37 bits per heavy atom. The molecule has 0 amide bonds. The highest BCUT2D eigenvalue weighted by molar-refractivity contribution is 9.10. The molecule has 1 heterocycles. The number of likely N-dealkylation sites (tertiary alicyclic amines) is 1. The molecule has 0 aromatic heterocycles. The first-order valence-corrected chi connectivity index (χ1v) is 7.22. The van der Waals surface area contributed by atoms with Gasteiger partial charge in [-0.25, -0.2) is 0 Å². The van der Waals surface area contributed by atoms with Gasteiger partial charge >= 0.3 is 0 Å². The summed E-state index contributed by atoms with van der Waals surface area (Å²) in [6, 6.07) is 6.30. The number of hydrogen-bond acceptors (Lipinski definition) is 4. The first kappa shape index (κ1) is 14.9. The molecular formula is C14H21BrN2O2. The Bertz CT molecular complexity index is 416. The third-order valence-electron chi connectivity index (χ3n) is 3.64. The van der Waals surface area contributed by atoms with Crippen molar-refractivity contribution in [3.8, 4) is 0 Å². The minimum Gasteiger partial charge on any atom is -0.377 e. The zero-order chi connectivity index (χ0) is 13.8. The van der Waals surface area contributed by atoms with Crippen LogP contribution >= 0.6 is 15.9 Å². The zero-order valence-corrected chi connectivity index (χ0v) is 13.0. The van der Waals surface area contributed by atoms with E-state index >= 15 is 0 Å². The number of methoxy groups -OCH3 is 2. The fourth-order valence-electron chi connectivity index (χ4n) is 2.49. The lowest BCUT2D eigenvalue weighted by atomic mass is 10.1. The smallest absolute Gasteiger partial charge is 0.0971 e. The van der Waals surface area contributed by atoms with Crippen LogP contribution in [0.25, 0.3) is 0 Å². The van der Waals surface area contributed by atoms with Crippen LogP contribution in [0.1, 0.15) is 11.1 Å². The first-order chi connectivity index (χ1) is 9.17. The molecule has 1 aliphatic heterocycles. The molecule has 0 saturated carbocycles. The van der Waals surface area contributed by atoms with Crippen LogP contribution in [-0.2, 0) is 22.6 Å². The summed E-state index contributed by atoms with van der Waals surface area (Å²) in [4.78, 5) is 2.35. The van der Waals surface area contributed by atoms with Gasteiger partial charge in [0, 0.05) is 44.9 Å². The Labute approximate surface area is 123 Å². The van der Waals surface area contributed by atoms with Crippen LogP contribution in [0, 0.1) is 0 Å². The van der Waals surface area contributed by atoms with Crippen molar-refractivity contribution in [1.82, 2.24) is 4.90 Å². The summed E-state index contributed by atoms with van der Waals surface area (Å²) >= 11 is 3.61. The quantitative estimate of drug-likeness (QED) is 0.894. The Morgan fingerprint density at radius 2 is 1.89 bits per heavy atom. The van der Waals surface area contributed by atoms with Crippen molar-refractivity contribution in [3.05, 3.63) is 33.8 Å². The topological polar surface area (TPSA) is 47.7 Å². The van der Waals surface area contributed by atoms with Crippen molar-refractivity contribution < 1.29 is 9.47 Å². The van der Waals surface area contributed by atoms with E-state index < -0.39 is 0 Å². The molecule has 2 rings (SSSR count). The standard InChI is InChI=1S/C14H21BrN2O2/c1-18-13-8-17(9-14(13)19-2)7-11-4-3-10(6-16)5-12(11)15/h3-5,13-14H,6-9,16H2,1-2H3. The fraction of sp³-hybridized carbons (Fsp3) is 0.571. The lowest BCUT2D eigenvalue weighted by Crippen LogP contribution is -2.27. The van der Waals surface area contributed by atoms with E-state index in [1.807, 2.05) is 0 Å². The van der Waals surface area contributed by atoms with Crippen molar-refractivity contribution in [3.63, 3.8) is 0 Å². The van der Waals surface area contributed by atoms with Crippen molar-refractivity contribution in [2.45, 2.75) is 25.3 Å². The van der Waals surface area contributed by atoms with E-state index in [4.69, 9.17) is 15.2 Å². The number of nitrogens with two attached hydrogens (primary N) is 1. The third-order valence-corrected chi connectivity index (χ3v) is 4.38. The molecule has 1 aliphatic rings. The summed E-state index contributed by atoms with van der Waals surface area (Å²) < 4.78 is 12.0. The third kappa shape index (κ3) is 3.55. The number of nitrogens with zero attached hydrogens (tertiary/aromatic N) is 1. The lowest BCUT2D eigenvalue weighted by molar-refractivity contribution is -0.00461. The predicted octanol–water partition coefficient (Wildman–Crippen LogP) is 1.75. The second-order valence-electron chi connectivity index (χ2n) is 4.87. The van der Waals surface area contributed by atoms with Crippen LogP contribution in [0.5, 0.6) is 0 Å². The molecule has 4 nitrogen and oxygen atoms in total. The van der Waals surface area contributed by atoms with Crippen LogP contribution in [0.15, 0.2) is 22.7 Å². The fourth-order valence-corrected chi connectivity index (χ4v) is 3.04. The summed E-state index contributed by atoms with van der Waals surface area (Å²) in [5, 5.41) is 0. The maximum absolute atomic E-state index is 5.64. The molecule has 19 heavy (non-hydrogen) atoms. The largest absolute Gasteiger partial charge is 0.377 e. The SMILES string of the molecule is COC1CN(Cc2ccc(CN)cc2Br)CC1OC. The Hall–Kier alpha value is -0.460. The molecule has 1 saturated heterocycles. The van der Waals surface area contributed by atoms with Crippen molar-refractivity contribution in [2.24, 2.45) is 5.73 Å². The summed E-state index contributed by atoms with van der Waals surface area (Å²) in [7, 11) is 3.48. The Kier molecular flexibility index (Phi) is 5.36. The second-order valence-corrected chi connectivity index (χ2v) is 5.73. The van der Waals surface area contributed by atoms with Crippen LogP contribution in [0.2, 0.25) is 0 Å². The van der Waals surface area contributed by atoms with Gasteiger partial charge in [-0.05, 0) is 17.2 Å². The van der Waals surface area contributed by atoms with Gasteiger partial charge in [-0.1, -0.05) is 28.1 Å². The number of benzene rings is 1. The van der Waals surface area contributed by atoms with E-state index in [9.17, 15) is 0 Å². The van der Waals surface area contributed by atoms with Gasteiger partial charge in [-0.2, -0.15) is 0 Å². The van der Waals surface area contributed by atoms with Gasteiger partial charge in [0.25, 0.3) is 0 Å². The maximum atomic E-state index is 5.64. The van der Waals surface area contributed by atoms with Crippen LogP contribution < -0.4 is 5.73 Å². The van der Waals surface area contributed by atoms with Crippen LogP contribution in [0.4, 0.5) is 0 Å². The second kappa shape index (κ2) is 6.81. The van der Waals surface area contributed by atoms with Gasteiger partial charge < -0.3 is 15.2 Å². The number of rotatable bonds is 5. The molecule has 1 fully saturated rings. The zero-order valence-electron chi connectivity index (χ0n) is 11.4. The van der Waals surface area contributed by atoms with Crippen molar-refractivity contribution >= 4 is 15.9 Å². The van der Waals surface area contributed by atoms with E-state index in [1.165, 1.54) is 5.56 Å². The molecular weight excluding hydrogens is 308 g/mol. The maximum Gasteiger partial charge on any atom is 0.0971 e. The number of ether oxygens (including phenoxy) is 2. The predicted molar refractivity (Wildman–Crippen MR) is 78.9 cm³/mol. The minimum absolute atomic E-state index is 0.159. The van der Waals surface area contributed by atoms with E-state index in [0.717, 1.165) is 29.7 Å². The van der Waals surface area contributed by atoms with E-state index in [-0.39, 0.29) is 12.2 Å². The first-order valence-electron chi connectivity index (χ1n) is 6.43. The van der Waals surface area contributed by atoms with E-state index in [0.29, 0.717) is 6.54 Å². The lowest BCUT2D eigenvalue weighted by Gasteiger charge is -2.16. The average molecular weight is 329 g/mol. The van der Waals surface area contributed by atoms with Gasteiger partial charge in [-0.3, -0.25) is 4.90 Å². The highest BCUT2D eigenvalue weighted by atomic mass is 79.9. The molecule has 2 atom stereocenters. The summed E-state index contributed by atoms with van der Waals surface area (Å²) in [6.07, 6.45) is 0.319. The molecule has 0 bridgehead atoms. The monoisotopic (exact) mass is 328 g/mol. The molecule has 1 aromatic carbocycles. The van der Waals surface area contributed by atoms with Crippen molar-refractivity contribution in [2.75, 3.05) is 27.3 Å². The van der Waals surface area contributed by atoms with Crippen LogP contribution in [-0.4, -0.2) is 44.4 Å². The summed E-state index contributed by atoms with van der Waals surface area (Å²) in [5.74, 6) is 0. The minimum atomic E-state index is 0.159. The molecule has 2 N–H and O–H groups in total. The number of halogens is 1.